The van der Waals surface area contributed by atoms with Gasteiger partial charge in [0.1, 0.15) is 0 Å². The van der Waals surface area contributed by atoms with Crippen molar-refractivity contribution >= 4 is 43.1 Å². The lowest BCUT2D eigenvalue weighted by molar-refractivity contribution is 1.19. The average molecular weight is 585 g/mol. The first-order valence-corrected chi connectivity index (χ1v) is 15.7. The van der Waals surface area contributed by atoms with Gasteiger partial charge in [-0.3, -0.25) is 0 Å². The maximum absolute atomic E-state index is 5.34. The number of benzene rings is 8. The van der Waals surface area contributed by atoms with Crippen molar-refractivity contribution < 1.29 is 0 Å². The summed E-state index contributed by atoms with van der Waals surface area (Å²) in [6, 6.07) is 60.4. The number of hydrogen-bond acceptors (Lipinski definition) is 2. The van der Waals surface area contributed by atoms with Gasteiger partial charge >= 0.3 is 0 Å². The molecule has 0 spiro atoms. The van der Waals surface area contributed by atoms with E-state index in [4.69, 9.17) is 9.97 Å². The molecule has 9 aromatic rings. The number of aromatic nitrogens is 2. The first-order valence-electron chi connectivity index (χ1n) is 15.7. The third-order valence-corrected chi connectivity index (χ3v) is 9.03. The molecule has 0 unspecified atom stereocenters. The van der Waals surface area contributed by atoms with E-state index < -0.39 is 0 Å². The molecule has 1 heterocycles. The fourth-order valence-corrected chi connectivity index (χ4v) is 6.85. The summed E-state index contributed by atoms with van der Waals surface area (Å²) in [4.78, 5) is 10.6. The van der Waals surface area contributed by atoms with Gasteiger partial charge in [0.2, 0.25) is 0 Å². The molecule has 0 aliphatic heterocycles. The second-order valence-corrected chi connectivity index (χ2v) is 11.8. The van der Waals surface area contributed by atoms with Gasteiger partial charge in [-0.15, -0.1) is 0 Å². The Morgan fingerprint density at radius 2 is 0.935 bits per heavy atom. The SMILES string of the molecule is c1ccc(-c2nc(-c3ccccc3-c3ccc4ccccc4c3)cc(-c3c4ccccc4cc4ccc5ccccc5c34)n2)cc1. The summed E-state index contributed by atoms with van der Waals surface area (Å²) in [6.07, 6.45) is 0. The van der Waals surface area contributed by atoms with Crippen LogP contribution in [0.25, 0.3) is 88.1 Å². The van der Waals surface area contributed by atoms with Gasteiger partial charge in [-0.25, -0.2) is 9.97 Å². The van der Waals surface area contributed by atoms with Crippen LogP contribution in [0.15, 0.2) is 170 Å². The highest BCUT2D eigenvalue weighted by atomic mass is 14.9. The lowest BCUT2D eigenvalue weighted by Crippen LogP contribution is -1.98. The Balaban J connectivity index is 1.37. The average Bonchev–Trinajstić information content (AvgIpc) is 3.13. The van der Waals surface area contributed by atoms with Crippen LogP contribution in [0.2, 0.25) is 0 Å². The van der Waals surface area contributed by atoms with Gasteiger partial charge in [0.05, 0.1) is 11.4 Å². The van der Waals surface area contributed by atoms with Crippen molar-refractivity contribution in [3.05, 3.63) is 170 Å². The molecule has 1 aromatic heterocycles. The molecule has 0 atom stereocenters. The lowest BCUT2D eigenvalue weighted by atomic mass is 9.90. The lowest BCUT2D eigenvalue weighted by Gasteiger charge is -2.17. The normalized spacial score (nSPS) is 11.5. The molecule has 0 amide bonds. The number of hydrogen-bond donors (Lipinski definition) is 0. The number of fused-ring (bicyclic) bond motifs is 5. The van der Waals surface area contributed by atoms with Crippen molar-refractivity contribution in [2.45, 2.75) is 0 Å². The number of nitrogens with zero attached hydrogens (tertiary/aromatic N) is 2. The van der Waals surface area contributed by atoms with Gasteiger partial charge in [0, 0.05) is 16.7 Å². The summed E-state index contributed by atoms with van der Waals surface area (Å²) in [7, 11) is 0. The highest BCUT2D eigenvalue weighted by Gasteiger charge is 2.19. The standard InChI is InChI=1S/C44H28N2/c1-2-14-31(15-3-1)44-45-40(39-21-11-10-18-36(39)34-24-22-29-12-4-5-16-32(29)26-34)28-41(46-44)43-38-20-9-7-17-33(38)27-35-25-23-30-13-6-8-19-37(30)42(35)43/h1-28H. The molecule has 0 N–H and O–H groups in total. The molecule has 2 heteroatoms. The Morgan fingerprint density at radius 3 is 1.78 bits per heavy atom. The molecule has 8 aromatic carbocycles. The molecule has 0 saturated heterocycles. The van der Waals surface area contributed by atoms with Crippen molar-refractivity contribution in [3.8, 4) is 45.0 Å². The monoisotopic (exact) mass is 584 g/mol. The Kier molecular flexibility index (Phi) is 6.17. The topological polar surface area (TPSA) is 25.8 Å². The van der Waals surface area contributed by atoms with Gasteiger partial charge in [-0.2, -0.15) is 0 Å². The van der Waals surface area contributed by atoms with Crippen LogP contribution in [0.5, 0.6) is 0 Å². The highest BCUT2D eigenvalue weighted by molar-refractivity contribution is 6.21. The molecule has 0 bridgehead atoms. The van der Waals surface area contributed by atoms with E-state index in [1.54, 1.807) is 0 Å². The van der Waals surface area contributed by atoms with Crippen LogP contribution in [-0.2, 0) is 0 Å². The second kappa shape index (κ2) is 10.8. The maximum Gasteiger partial charge on any atom is 0.160 e. The molecular weight excluding hydrogens is 556 g/mol. The molecule has 46 heavy (non-hydrogen) atoms. The van der Waals surface area contributed by atoms with Gasteiger partial charge < -0.3 is 0 Å². The summed E-state index contributed by atoms with van der Waals surface area (Å²) < 4.78 is 0. The van der Waals surface area contributed by atoms with E-state index in [1.807, 2.05) is 6.07 Å². The summed E-state index contributed by atoms with van der Waals surface area (Å²) in [5, 5.41) is 9.67. The summed E-state index contributed by atoms with van der Waals surface area (Å²) in [5.41, 5.74) is 7.32. The summed E-state index contributed by atoms with van der Waals surface area (Å²) in [5.74, 6) is 0.711. The largest absolute Gasteiger partial charge is 0.228 e. The Morgan fingerprint density at radius 1 is 0.326 bits per heavy atom. The van der Waals surface area contributed by atoms with E-state index in [1.165, 1.54) is 43.1 Å². The van der Waals surface area contributed by atoms with E-state index in [-0.39, 0.29) is 0 Å². The zero-order chi connectivity index (χ0) is 30.5. The van der Waals surface area contributed by atoms with E-state index in [0.29, 0.717) is 5.82 Å². The zero-order valence-corrected chi connectivity index (χ0v) is 25.1. The van der Waals surface area contributed by atoms with Crippen molar-refractivity contribution in [2.24, 2.45) is 0 Å². The molecule has 0 saturated carbocycles. The first kappa shape index (κ1) is 26.3. The first-order chi connectivity index (χ1) is 22.8. The molecular formula is C44H28N2. The molecule has 2 nitrogen and oxygen atoms in total. The smallest absolute Gasteiger partial charge is 0.160 e. The minimum Gasteiger partial charge on any atom is -0.228 e. The van der Waals surface area contributed by atoms with Crippen molar-refractivity contribution in [1.82, 2.24) is 9.97 Å². The number of rotatable bonds is 4. The maximum atomic E-state index is 5.34. The van der Waals surface area contributed by atoms with Crippen LogP contribution in [0.4, 0.5) is 0 Å². The Hall–Kier alpha value is -6.12. The van der Waals surface area contributed by atoms with Gasteiger partial charge in [-0.05, 0) is 72.4 Å². The van der Waals surface area contributed by atoms with Crippen LogP contribution in [0.3, 0.4) is 0 Å². The van der Waals surface area contributed by atoms with Crippen molar-refractivity contribution in [2.75, 3.05) is 0 Å². The Bertz CT molecular complexity index is 2580. The molecule has 0 radical (unpaired) electrons. The molecule has 0 aliphatic carbocycles. The zero-order valence-electron chi connectivity index (χ0n) is 25.1. The third-order valence-electron chi connectivity index (χ3n) is 9.03. The van der Waals surface area contributed by atoms with Gasteiger partial charge in [0.15, 0.2) is 5.82 Å². The fraction of sp³-hybridized carbons (Fsp3) is 0. The molecule has 0 fully saturated rings. The van der Waals surface area contributed by atoms with Gasteiger partial charge in [-0.1, -0.05) is 152 Å². The van der Waals surface area contributed by atoms with E-state index in [2.05, 4.69) is 164 Å². The van der Waals surface area contributed by atoms with E-state index in [0.717, 1.165) is 39.2 Å². The second-order valence-electron chi connectivity index (χ2n) is 11.8. The quantitative estimate of drug-likeness (QED) is 0.152. The van der Waals surface area contributed by atoms with Crippen molar-refractivity contribution in [3.63, 3.8) is 0 Å². The Labute approximate surface area is 267 Å². The minimum atomic E-state index is 0.711. The highest BCUT2D eigenvalue weighted by Crippen LogP contribution is 2.42. The predicted octanol–water partition coefficient (Wildman–Crippen LogP) is 11.8. The van der Waals surface area contributed by atoms with E-state index in [9.17, 15) is 0 Å². The predicted molar refractivity (Wildman–Crippen MR) is 194 cm³/mol. The van der Waals surface area contributed by atoms with E-state index >= 15 is 0 Å². The van der Waals surface area contributed by atoms with Crippen LogP contribution >= 0.6 is 0 Å². The van der Waals surface area contributed by atoms with Crippen LogP contribution < -0.4 is 0 Å². The van der Waals surface area contributed by atoms with Gasteiger partial charge in [0.25, 0.3) is 0 Å². The van der Waals surface area contributed by atoms with Crippen LogP contribution in [-0.4, -0.2) is 9.97 Å². The third kappa shape index (κ3) is 4.43. The summed E-state index contributed by atoms with van der Waals surface area (Å²) in [6.45, 7) is 0. The van der Waals surface area contributed by atoms with Crippen LogP contribution in [0.1, 0.15) is 0 Å². The fourth-order valence-electron chi connectivity index (χ4n) is 6.85. The minimum absolute atomic E-state index is 0.711. The molecule has 9 rings (SSSR count). The van der Waals surface area contributed by atoms with Crippen molar-refractivity contribution in [1.29, 1.82) is 0 Å². The molecule has 214 valence electrons. The van der Waals surface area contributed by atoms with Crippen LogP contribution in [0, 0.1) is 0 Å². The summed E-state index contributed by atoms with van der Waals surface area (Å²) >= 11 is 0. The molecule has 0 aliphatic rings.